The summed E-state index contributed by atoms with van der Waals surface area (Å²) in [6.45, 7) is 1.16. The van der Waals surface area contributed by atoms with Gasteiger partial charge in [0.25, 0.3) is 10.1 Å². The molecule has 1 amide bonds. The summed E-state index contributed by atoms with van der Waals surface area (Å²) in [7, 11) is -4.17. The Labute approximate surface area is 70.3 Å². The van der Waals surface area contributed by atoms with Crippen LogP contribution >= 0.6 is 12.6 Å². The van der Waals surface area contributed by atoms with Crippen LogP contribution in [0.4, 0.5) is 0 Å². The minimum atomic E-state index is -4.17. The zero-order valence-electron chi connectivity index (χ0n) is 5.81. The van der Waals surface area contributed by atoms with Gasteiger partial charge in [0.15, 0.2) is 5.37 Å². The number of hydrogen-bond donors (Lipinski definition) is 3. The zero-order chi connectivity index (χ0) is 9.07. The first-order valence-corrected chi connectivity index (χ1v) is 4.88. The Morgan fingerprint density at radius 1 is 1.73 bits per heavy atom. The lowest BCUT2D eigenvalue weighted by Gasteiger charge is -2.08. The lowest BCUT2D eigenvalue weighted by atomic mass is 10.6. The molecule has 2 N–H and O–H groups in total. The lowest BCUT2D eigenvalue weighted by Crippen LogP contribution is -2.38. The van der Waals surface area contributed by atoms with Crippen molar-refractivity contribution in [3.8, 4) is 0 Å². The number of amides is 1. The molecule has 1 atom stereocenters. The van der Waals surface area contributed by atoms with Crippen LogP contribution in [0.25, 0.3) is 0 Å². The monoisotopic (exact) mass is 199 g/mol. The van der Waals surface area contributed by atoms with E-state index in [0.29, 0.717) is 0 Å². The van der Waals surface area contributed by atoms with E-state index in [0.717, 1.165) is 6.92 Å². The van der Waals surface area contributed by atoms with Gasteiger partial charge < -0.3 is 5.32 Å². The molecule has 0 fully saturated rings. The summed E-state index contributed by atoms with van der Waals surface area (Å²) in [6, 6.07) is 0. The van der Waals surface area contributed by atoms with Crippen LogP contribution in [0.2, 0.25) is 0 Å². The van der Waals surface area contributed by atoms with Crippen molar-refractivity contribution in [1.82, 2.24) is 5.32 Å². The van der Waals surface area contributed by atoms with E-state index in [4.69, 9.17) is 4.55 Å². The summed E-state index contributed by atoms with van der Waals surface area (Å²) in [5.41, 5.74) is 0. The van der Waals surface area contributed by atoms with Crippen LogP contribution in [-0.4, -0.2) is 30.0 Å². The van der Waals surface area contributed by atoms with Gasteiger partial charge in [-0.05, 0) is 6.92 Å². The van der Waals surface area contributed by atoms with Crippen LogP contribution in [-0.2, 0) is 14.9 Å². The van der Waals surface area contributed by atoms with Gasteiger partial charge in [-0.1, -0.05) is 0 Å². The van der Waals surface area contributed by atoms with E-state index in [1.807, 2.05) is 5.32 Å². The van der Waals surface area contributed by atoms with Crippen molar-refractivity contribution in [3.63, 3.8) is 0 Å². The van der Waals surface area contributed by atoms with Gasteiger partial charge in [0.05, 0.1) is 5.75 Å². The molecular weight excluding hydrogens is 190 g/mol. The molecule has 0 aromatic heterocycles. The molecule has 0 aliphatic carbocycles. The van der Waals surface area contributed by atoms with Crippen LogP contribution in [0, 0.1) is 0 Å². The number of carbonyl (C=O) groups excluding carboxylic acids is 1. The summed E-state index contributed by atoms with van der Waals surface area (Å²) >= 11 is 3.60. The quantitative estimate of drug-likeness (QED) is 0.413. The molecule has 7 heteroatoms. The predicted molar refractivity (Wildman–Crippen MR) is 43.0 cm³/mol. The van der Waals surface area contributed by atoms with Crippen molar-refractivity contribution < 1.29 is 17.8 Å². The fourth-order valence-electron chi connectivity index (χ4n) is 0.347. The van der Waals surface area contributed by atoms with E-state index >= 15 is 0 Å². The standard InChI is InChI=1S/C4H9NO4S2/c1-3(11(7,8)9)5-4(6)2-10/h3,10H,2H2,1H3,(H,5,6)(H,7,8,9). The summed E-state index contributed by atoms with van der Waals surface area (Å²) < 4.78 is 29.0. The molecule has 1 unspecified atom stereocenters. The first kappa shape index (κ1) is 10.7. The van der Waals surface area contributed by atoms with Gasteiger partial charge in [-0.15, -0.1) is 0 Å². The van der Waals surface area contributed by atoms with Gasteiger partial charge in [0.1, 0.15) is 0 Å². The lowest BCUT2D eigenvalue weighted by molar-refractivity contribution is -0.118. The molecule has 0 rings (SSSR count). The average molecular weight is 199 g/mol. The van der Waals surface area contributed by atoms with Crippen LogP contribution in [0.5, 0.6) is 0 Å². The molecule has 0 radical (unpaired) electrons. The van der Waals surface area contributed by atoms with Crippen LogP contribution in [0.3, 0.4) is 0 Å². The number of nitrogens with one attached hydrogen (secondary N) is 1. The number of rotatable bonds is 3. The van der Waals surface area contributed by atoms with Crippen molar-refractivity contribution in [3.05, 3.63) is 0 Å². The zero-order valence-corrected chi connectivity index (χ0v) is 7.52. The topological polar surface area (TPSA) is 83.5 Å². The van der Waals surface area contributed by atoms with E-state index < -0.39 is 21.4 Å². The third-order valence-corrected chi connectivity index (χ3v) is 2.25. The maximum atomic E-state index is 10.5. The summed E-state index contributed by atoms with van der Waals surface area (Å²) in [5, 5.41) is 0.740. The average Bonchev–Trinajstić information content (AvgIpc) is 1.85. The molecule has 5 nitrogen and oxygen atoms in total. The van der Waals surface area contributed by atoms with Crippen molar-refractivity contribution in [2.75, 3.05) is 5.75 Å². The van der Waals surface area contributed by atoms with Crippen LogP contribution in [0.15, 0.2) is 0 Å². The van der Waals surface area contributed by atoms with Gasteiger partial charge in [-0.3, -0.25) is 9.35 Å². The first-order valence-electron chi connectivity index (χ1n) is 2.74. The number of hydrogen-bond acceptors (Lipinski definition) is 4. The Balaban J connectivity index is 4.10. The molecule has 0 aliphatic heterocycles. The van der Waals surface area contributed by atoms with Gasteiger partial charge in [0.2, 0.25) is 5.91 Å². The minimum Gasteiger partial charge on any atom is -0.337 e. The second kappa shape index (κ2) is 3.93. The third kappa shape index (κ3) is 4.23. The number of carbonyl (C=O) groups is 1. The molecule has 0 saturated carbocycles. The van der Waals surface area contributed by atoms with E-state index in [9.17, 15) is 13.2 Å². The highest BCUT2D eigenvalue weighted by atomic mass is 32.2. The predicted octanol–water partition coefficient (Wildman–Crippen LogP) is -0.734. The Bertz CT molecular complexity index is 234. The molecule has 11 heavy (non-hydrogen) atoms. The molecule has 0 aromatic carbocycles. The Morgan fingerprint density at radius 2 is 2.18 bits per heavy atom. The normalized spacial score (nSPS) is 14.1. The highest BCUT2D eigenvalue weighted by molar-refractivity contribution is 7.86. The van der Waals surface area contributed by atoms with Crippen molar-refractivity contribution in [2.24, 2.45) is 0 Å². The van der Waals surface area contributed by atoms with Gasteiger partial charge in [-0.2, -0.15) is 21.0 Å². The minimum absolute atomic E-state index is 0.111. The highest BCUT2D eigenvalue weighted by Gasteiger charge is 2.18. The molecule has 0 aliphatic rings. The van der Waals surface area contributed by atoms with E-state index in [1.54, 1.807) is 0 Å². The van der Waals surface area contributed by atoms with E-state index in [1.165, 1.54) is 0 Å². The molecule has 0 aromatic rings. The van der Waals surface area contributed by atoms with Gasteiger partial charge in [0, 0.05) is 0 Å². The maximum Gasteiger partial charge on any atom is 0.285 e. The fourth-order valence-corrected chi connectivity index (χ4v) is 0.718. The largest absolute Gasteiger partial charge is 0.337 e. The van der Waals surface area contributed by atoms with Crippen molar-refractivity contribution in [1.29, 1.82) is 0 Å². The van der Waals surface area contributed by atoms with Crippen molar-refractivity contribution in [2.45, 2.75) is 12.3 Å². The molecule has 0 bridgehead atoms. The first-order chi connectivity index (χ1) is 4.88. The van der Waals surface area contributed by atoms with Crippen LogP contribution < -0.4 is 5.32 Å². The highest BCUT2D eigenvalue weighted by Crippen LogP contribution is 1.92. The molecule has 0 saturated heterocycles. The SMILES string of the molecule is CC(NC(=O)CS)S(=O)(=O)O. The van der Waals surface area contributed by atoms with E-state index in [-0.39, 0.29) is 5.75 Å². The summed E-state index contributed by atoms with van der Waals surface area (Å²) in [5.74, 6) is -0.654. The van der Waals surface area contributed by atoms with Gasteiger partial charge in [-0.25, -0.2) is 0 Å². The smallest absolute Gasteiger partial charge is 0.285 e. The second-order valence-corrected chi connectivity index (χ2v) is 3.94. The fraction of sp³-hybridized carbons (Fsp3) is 0.750. The molecule has 66 valence electrons. The number of thiol groups is 1. The Hall–Kier alpha value is -0.270. The Kier molecular flexibility index (Phi) is 3.84. The maximum absolute atomic E-state index is 10.5. The van der Waals surface area contributed by atoms with Crippen LogP contribution in [0.1, 0.15) is 6.92 Å². The van der Waals surface area contributed by atoms with E-state index in [2.05, 4.69) is 12.6 Å². The van der Waals surface area contributed by atoms with Crippen molar-refractivity contribution >= 4 is 28.7 Å². The van der Waals surface area contributed by atoms with Gasteiger partial charge >= 0.3 is 0 Å². The summed E-state index contributed by atoms with van der Waals surface area (Å²) in [6.07, 6.45) is 0. The molecule has 0 heterocycles. The third-order valence-electron chi connectivity index (χ3n) is 0.955. The Morgan fingerprint density at radius 3 is 2.45 bits per heavy atom. The molecule has 0 spiro atoms. The summed E-state index contributed by atoms with van der Waals surface area (Å²) in [4.78, 5) is 10.5. The second-order valence-electron chi connectivity index (χ2n) is 1.88. The molecular formula is C4H9NO4S2.